The van der Waals surface area contributed by atoms with E-state index in [1.54, 1.807) is 31.2 Å². The van der Waals surface area contributed by atoms with Gasteiger partial charge in [-0.3, -0.25) is 4.79 Å². The van der Waals surface area contributed by atoms with Gasteiger partial charge in [0.05, 0.1) is 5.92 Å². The van der Waals surface area contributed by atoms with E-state index >= 15 is 0 Å². The van der Waals surface area contributed by atoms with Gasteiger partial charge in [0.2, 0.25) is 5.91 Å². The van der Waals surface area contributed by atoms with Gasteiger partial charge in [0, 0.05) is 0 Å². The fourth-order valence-electron chi connectivity index (χ4n) is 1.76. The molecule has 1 rings (SSSR count). The first-order chi connectivity index (χ1) is 8.06. The quantitative estimate of drug-likeness (QED) is 0.802. The van der Waals surface area contributed by atoms with Gasteiger partial charge in [0.25, 0.3) is 0 Å². The Kier molecular flexibility index (Phi) is 4.51. The number of nitrogens with two attached hydrogens (primary N) is 2. The van der Waals surface area contributed by atoms with Crippen LogP contribution in [0.5, 0.6) is 0 Å². The molecule has 92 valence electrons. The summed E-state index contributed by atoms with van der Waals surface area (Å²) in [5, 5.41) is 0. The van der Waals surface area contributed by atoms with Gasteiger partial charge >= 0.3 is 6.09 Å². The van der Waals surface area contributed by atoms with Crippen molar-refractivity contribution in [3.05, 3.63) is 35.9 Å². The van der Waals surface area contributed by atoms with E-state index in [0.29, 0.717) is 12.0 Å². The van der Waals surface area contributed by atoms with Crippen molar-refractivity contribution >= 4 is 12.0 Å². The highest BCUT2D eigenvalue weighted by Crippen LogP contribution is 2.23. The molecule has 0 aliphatic carbocycles. The molecule has 2 unspecified atom stereocenters. The summed E-state index contributed by atoms with van der Waals surface area (Å²) in [6.07, 6.45) is -1.07. The van der Waals surface area contributed by atoms with E-state index in [9.17, 15) is 9.59 Å². The molecule has 0 aliphatic rings. The van der Waals surface area contributed by atoms with Crippen molar-refractivity contribution in [2.24, 2.45) is 11.5 Å². The van der Waals surface area contributed by atoms with Crippen molar-refractivity contribution in [3.63, 3.8) is 0 Å². The van der Waals surface area contributed by atoms with E-state index < -0.39 is 24.0 Å². The average Bonchev–Trinajstić information content (AvgIpc) is 2.28. The predicted octanol–water partition coefficient (Wildman–Crippen LogP) is 1.13. The number of carbonyl (C=O) groups is 2. The molecule has 1 aromatic rings. The third-order valence-corrected chi connectivity index (χ3v) is 2.51. The molecule has 4 N–H and O–H groups in total. The van der Waals surface area contributed by atoms with E-state index in [2.05, 4.69) is 0 Å². The number of rotatable bonds is 5. The highest BCUT2D eigenvalue weighted by molar-refractivity contribution is 5.83. The van der Waals surface area contributed by atoms with Crippen LogP contribution in [0.2, 0.25) is 0 Å². The van der Waals surface area contributed by atoms with E-state index in [4.69, 9.17) is 16.2 Å². The van der Waals surface area contributed by atoms with Gasteiger partial charge in [-0.15, -0.1) is 0 Å². The van der Waals surface area contributed by atoms with Gasteiger partial charge in [-0.2, -0.15) is 0 Å². The SMILES string of the molecule is CCC(OC(N)=O)C(C(N)=O)c1ccccc1. The maximum absolute atomic E-state index is 11.5. The third-order valence-electron chi connectivity index (χ3n) is 2.51. The van der Waals surface area contributed by atoms with Crippen LogP contribution in [0.4, 0.5) is 4.79 Å². The Bertz CT molecular complexity index is 392. The number of hydrogen-bond acceptors (Lipinski definition) is 3. The predicted molar refractivity (Wildman–Crippen MR) is 63.1 cm³/mol. The highest BCUT2D eigenvalue weighted by Gasteiger charge is 2.29. The first-order valence-corrected chi connectivity index (χ1v) is 5.36. The molecule has 0 saturated carbocycles. The van der Waals surface area contributed by atoms with Crippen molar-refractivity contribution < 1.29 is 14.3 Å². The zero-order valence-corrected chi connectivity index (χ0v) is 9.63. The number of benzene rings is 1. The lowest BCUT2D eigenvalue weighted by Gasteiger charge is -2.23. The molecule has 0 bridgehead atoms. The Morgan fingerprint density at radius 3 is 2.24 bits per heavy atom. The van der Waals surface area contributed by atoms with Crippen LogP contribution < -0.4 is 11.5 Å². The molecule has 2 amide bonds. The summed E-state index contributed by atoms with van der Waals surface area (Å²) in [4.78, 5) is 22.2. The van der Waals surface area contributed by atoms with Crippen LogP contribution >= 0.6 is 0 Å². The molecule has 5 nitrogen and oxygen atoms in total. The van der Waals surface area contributed by atoms with Gasteiger partial charge < -0.3 is 16.2 Å². The molecule has 17 heavy (non-hydrogen) atoms. The van der Waals surface area contributed by atoms with Crippen molar-refractivity contribution in [1.29, 1.82) is 0 Å². The average molecular weight is 236 g/mol. The Morgan fingerprint density at radius 2 is 1.82 bits per heavy atom. The Balaban J connectivity index is 2.99. The molecular formula is C12H16N2O3. The van der Waals surface area contributed by atoms with Gasteiger partial charge in [-0.1, -0.05) is 37.3 Å². The van der Waals surface area contributed by atoms with E-state index in [-0.39, 0.29) is 0 Å². The number of hydrogen-bond donors (Lipinski definition) is 2. The lowest BCUT2D eigenvalue weighted by atomic mass is 9.91. The van der Waals surface area contributed by atoms with Crippen LogP contribution in [0.1, 0.15) is 24.8 Å². The van der Waals surface area contributed by atoms with Crippen molar-refractivity contribution in [1.82, 2.24) is 0 Å². The molecule has 0 saturated heterocycles. The second kappa shape index (κ2) is 5.89. The summed E-state index contributed by atoms with van der Waals surface area (Å²) < 4.78 is 4.92. The molecule has 5 heteroatoms. The van der Waals surface area contributed by atoms with Gasteiger partial charge in [-0.25, -0.2) is 4.79 Å². The summed E-state index contributed by atoms with van der Waals surface area (Å²) in [7, 11) is 0. The van der Waals surface area contributed by atoms with E-state index in [1.165, 1.54) is 0 Å². The molecule has 0 spiro atoms. The van der Waals surface area contributed by atoms with E-state index in [1.807, 2.05) is 6.07 Å². The maximum atomic E-state index is 11.5. The van der Waals surface area contributed by atoms with Crippen molar-refractivity contribution in [3.8, 4) is 0 Å². The van der Waals surface area contributed by atoms with Crippen molar-refractivity contribution in [2.75, 3.05) is 0 Å². The van der Waals surface area contributed by atoms with Gasteiger partial charge in [-0.05, 0) is 12.0 Å². The molecule has 1 aromatic carbocycles. The normalized spacial score (nSPS) is 13.7. The summed E-state index contributed by atoms with van der Waals surface area (Å²) >= 11 is 0. The molecule has 2 atom stereocenters. The van der Waals surface area contributed by atoms with E-state index in [0.717, 1.165) is 0 Å². The Hall–Kier alpha value is -2.04. The van der Waals surface area contributed by atoms with Crippen LogP contribution in [-0.4, -0.2) is 18.1 Å². The van der Waals surface area contributed by atoms with Gasteiger partial charge in [0.1, 0.15) is 6.10 Å². The zero-order valence-electron chi connectivity index (χ0n) is 9.63. The molecular weight excluding hydrogens is 220 g/mol. The maximum Gasteiger partial charge on any atom is 0.404 e. The minimum absolute atomic E-state index is 0.464. The number of amides is 2. The Morgan fingerprint density at radius 1 is 1.24 bits per heavy atom. The van der Waals surface area contributed by atoms with Crippen LogP contribution in [-0.2, 0) is 9.53 Å². The minimum Gasteiger partial charge on any atom is -0.445 e. The molecule has 0 aliphatic heterocycles. The second-order valence-electron chi connectivity index (χ2n) is 3.67. The number of primary amides is 2. The third kappa shape index (κ3) is 3.48. The fourth-order valence-corrected chi connectivity index (χ4v) is 1.76. The summed E-state index contributed by atoms with van der Waals surface area (Å²) in [5.41, 5.74) is 11.0. The lowest BCUT2D eigenvalue weighted by molar-refractivity contribution is -0.121. The monoisotopic (exact) mass is 236 g/mol. The highest BCUT2D eigenvalue weighted by atomic mass is 16.6. The van der Waals surface area contributed by atoms with Crippen LogP contribution in [0.25, 0.3) is 0 Å². The first-order valence-electron chi connectivity index (χ1n) is 5.36. The van der Waals surface area contributed by atoms with Gasteiger partial charge in [0.15, 0.2) is 0 Å². The zero-order chi connectivity index (χ0) is 12.8. The molecule has 0 radical (unpaired) electrons. The van der Waals surface area contributed by atoms with Crippen LogP contribution in [0.3, 0.4) is 0 Å². The smallest absolute Gasteiger partial charge is 0.404 e. The largest absolute Gasteiger partial charge is 0.445 e. The minimum atomic E-state index is -0.904. The van der Waals surface area contributed by atoms with Crippen LogP contribution in [0, 0.1) is 0 Å². The summed E-state index contributed by atoms with van der Waals surface area (Å²) in [5.74, 6) is -1.21. The summed E-state index contributed by atoms with van der Waals surface area (Å²) in [6, 6.07) is 8.95. The topological polar surface area (TPSA) is 95.4 Å². The summed E-state index contributed by atoms with van der Waals surface area (Å²) in [6.45, 7) is 1.80. The molecule has 0 heterocycles. The first kappa shape index (κ1) is 13.0. The van der Waals surface area contributed by atoms with Crippen LogP contribution in [0.15, 0.2) is 30.3 Å². The standard InChI is InChI=1S/C12H16N2O3/c1-2-9(17-12(14)16)10(11(13)15)8-6-4-3-5-7-8/h3-7,9-10H,2H2,1H3,(H2,13,15)(H2,14,16). The molecule has 0 aromatic heterocycles. The Labute approximate surface area is 99.7 Å². The lowest BCUT2D eigenvalue weighted by Crippen LogP contribution is -2.35. The molecule has 0 fully saturated rings. The van der Waals surface area contributed by atoms with Crippen molar-refractivity contribution in [2.45, 2.75) is 25.4 Å². The fraction of sp³-hybridized carbons (Fsp3) is 0.333. The number of ether oxygens (including phenoxy) is 1. The number of carbonyl (C=O) groups excluding carboxylic acids is 2. The second-order valence-corrected chi connectivity index (χ2v) is 3.67.